The average Bonchev–Trinajstić information content (AvgIpc) is 2.87. The minimum atomic E-state index is -1.04. The van der Waals surface area contributed by atoms with Gasteiger partial charge in [-0.05, 0) is 57.4 Å². The molecular formula is C29H37NO7. The van der Waals surface area contributed by atoms with Gasteiger partial charge in [0.15, 0.2) is 12.3 Å². The summed E-state index contributed by atoms with van der Waals surface area (Å²) in [5.74, 6) is 0.199. The predicted molar refractivity (Wildman–Crippen MR) is 137 cm³/mol. The van der Waals surface area contributed by atoms with E-state index in [9.17, 15) is 9.59 Å². The van der Waals surface area contributed by atoms with Gasteiger partial charge in [-0.1, -0.05) is 36.4 Å². The van der Waals surface area contributed by atoms with Gasteiger partial charge in [-0.15, -0.1) is 0 Å². The second-order valence-corrected chi connectivity index (χ2v) is 10.2. The number of ether oxygens (including phenoxy) is 5. The lowest BCUT2D eigenvalue weighted by atomic mass is 9.98. The molecule has 37 heavy (non-hydrogen) atoms. The van der Waals surface area contributed by atoms with Crippen LogP contribution in [-0.2, 0) is 30.2 Å². The summed E-state index contributed by atoms with van der Waals surface area (Å²) < 4.78 is 29.0. The summed E-state index contributed by atoms with van der Waals surface area (Å²) in [7, 11) is 0. The number of fused-ring (bicyclic) bond motifs is 1. The summed E-state index contributed by atoms with van der Waals surface area (Å²) in [4.78, 5) is 27.8. The van der Waals surface area contributed by atoms with Gasteiger partial charge >= 0.3 is 12.1 Å². The van der Waals surface area contributed by atoms with Gasteiger partial charge in [0, 0.05) is 24.9 Å². The zero-order valence-electron chi connectivity index (χ0n) is 22.1. The number of nitrogens with zero attached hydrogens (tertiary/aromatic N) is 1. The fourth-order valence-electron chi connectivity index (χ4n) is 4.51. The molecule has 2 heterocycles. The highest BCUT2D eigenvalue weighted by atomic mass is 16.6. The first kappa shape index (κ1) is 26.9. The summed E-state index contributed by atoms with van der Waals surface area (Å²) in [5.41, 5.74) is 1.84. The van der Waals surface area contributed by atoms with Crippen LogP contribution >= 0.6 is 0 Å². The number of hydrogen-bond acceptors (Lipinski definition) is 7. The molecule has 0 radical (unpaired) electrons. The Morgan fingerprint density at radius 3 is 2.43 bits per heavy atom. The van der Waals surface area contributed by atoms with E-state index in [1.807, 2.05) is 69.3 Å². The molecule has 2 aliphatic heterocycles. The van der Waals surface area contributed by atoms with Crippen molar-refractivity contribution in [2.24, 2.45) is 0 Å². The standard InChI is InChI=1S/C29H37NO7/c1-5-34-27(31)25(21-10-12-22(13-11-21)35-23-15-18-33-19-16-23)36-26-24-9-7-6-8-20(24)14-17-30(26)28(32)37-29(2,3)4/h6-13,23,25-26H,5,14-19H2,1-4H3. The van der Waals surface area contributed by atoms with E-state index < -0.39 is 30.0 Å². The fourth-order valence-corrected chi connectivity index (χ4v) is 4.51. The van der Waals surface area contributed by atoms with Crippen LogP contribution in [0.25, 0.3) is 0 Å². The molecule has 0 aliphatic carbocycles. The third kappa shape index (κ3) is 7.02. The molecule has 2 aromatic rings. The van der Waals surface area contributed by atoms with Crippen molar-refractivity contribution in [2.75, 3.05) is 26.4 Å². The molecule has 2 aromatic carbocycles. The van der Waals surface area contributed by atoms with Gasteiger partial charge in [-0.2, -0.15) is 0 Å². The SMILES string of the molecule is CCOC(=O)C(OC1c2ccccc2CCN1C(=O)OC(C)(C)C)c1ccc(OC2CCOCC2)cc1. The first-order valence-electron chi connectivity index (χ1n) is 13.0. The van der Waals surface area contributed by atoms with Gasteiger partial charge in [0.2, 0.25) is 0 Å². The van der Waals surface area contributed by atoms with Crippen LogP contribution in [0.15, 0.2) is 48.5 Å². The highest BCUT2D eigenvalue weighted by Gasteiger charge is 2.38. The van der Waals surface area contributed by atoms with Crippen LogP contribution in [0.1, 0.15) is 69.6 Å². The van der Waals surface area contributed by atoms with Gasteiger partial charge in [-0.25, -0.2) is 9.59 Å². The normalized spacial score (nSPS) is 19.0. The van der Waals surface area contributed by atoms with Crippen LogP contribution in [0, 0.1) is 0 Å². The molecule has 0 spiro atoms. The van der Waals surface area contributed by atoms with E-state index in [0.717, 1.165) is 29.7 Å². The molecule has 0 bridgehead atoms. The van der Waals surface area contributed by atoms with E-state index in [0.29, 0.717) is 31.7 Å². The second-order valence-electron chi connectivity index (χ2n) is 10.2. The molecule has 1 amide bonds. The van der Waals surface area contributed by atoms with Crippen molar-refractivity contribution in [1.29, 1.82) is 0 Å². The van der Waals surface area contributed by atoms with Crippen molar-refractivity contribution in [3.8, 4) is 5.75 Å². The zero-order chi connectivity index (χ0) is 26.4. The van der Waals surface area contributed by atoms with Crippen LogP contribution in [0.4, 0.5) is 4.79 Å². The molecule has 1 fully saturated rings. The summed E-state index contributed by atoms with van der Waals surface area (Å²) in [5, 5.41) is 0. The summed E-state index contributed by atoms with van der Waals surface area (Å²) in [6.07, 6.45) is 0.117. The molecule has 8 heteroatoms. The molecule has 200 valence electrons. The van der Waals surface area contributed by atoms with Crippen LogP contribution in [-0.4, -0.2) is 55.0 Å². The fraction of sp³-hybridized carbons (Fsp3) is 0.517. The summed E-state index contributed by atoms with van der Waals surface area (Å²) in [6.45, 7) is 9.22. The molecule has 0 aromatic heterocycles. The lowest BCUT2D eigenvalue weighted by molar-refractivity contribution is -0.172. The molecule has 0 saturated carbocycles. The Morgan fingerprint density at radius 1 is 1.05 bits per heavy atom. The minimum Gasteiger partial charge on any atom is -0.490 e. The number of carbonyl (C=O) groups excluding carboxylic acids is 2. The topological polar surface area (TPSA) is 83.5 Å². The zero-order valence-corrected chi connectivity index (χ0v) is 22.1. The predicted octanol–water partition coefficient (Wildman–Crippen LogP) is 5.36. The van der Waals surface area contributed by atoms with E-state index in [4.69, 9.17) is 23.7 Å². The number of esters is 1. The maximum absolute atomic E-state index is 13.2. The van der Waals surface area contributed by atoms with Crippen molar-refractivity contribution in [3.05, 3.63) is 65.2 Å². The summed E-state index contributed by atoms with van der Waals surface area (Å²) in [6, 6.07) is 15.1. The van der Waals surface area contributed by atoms with Crippen molar-refractivity contribution >= 4 is 12.1 Å². The smallest absolute Gasteiger partial charge is 0.412 e. The molecule has 2 unspecified atom stereocenters. The Labute approximate surface area is 218 Å². The maximum Gasteiger partial charge on any atom is 0.412 e. The van der Waals surface area contributed by atoms with Gasteiger partial charge in [0.05, 0.1) is 19.8 Å². The van der Waals surface area contributed by atoms with Crippen LogP contribution in [0.3, 0.4) is 0 Å². The van der Waals surface area contributed by atoms with Crippen LogP contribution in [0.5, 0.6) is 5.75 Å². The number of rotatable bonds is 7. The molecule has 2 aliphatic rings. The highest BCUT2D eigenvalue weighted by Crippen LogP contribution is 2.37. The van der Waals surface area contributed by atoms with E-state index in [-0.39, 0.29) is 12.7 Å². The van der Waals surface area contributed by atoms with E-state index in [2.05, 4.69) is 0 Å². The molecule has 4 rings (SSSR count). The van der Waals surface area contributed by atoms with E-state index in [1.54, 1.807) is 11.8 Å². The van der Waals surface area contributed by atoms with Gasteiger partial charge in [-0.3, -0.25) is 4.90 Å². The Balaban J connectivity index is 1.60. The van der Waals surface area contributed by atoms with Crippen molar-refractivity contribution < 1.29 is 33.3 Å². The van der Waals surface area contributed by atoms with E-state index >= 15 is 0 Å². The largest absolute Gasteiger partial charge is 0.490 e. The third-order valence-electron chi connectivity index (χ3n) is 6.27. The number of amides is 1. The monoisotopic (exact) mass is 511 g/mol. The Kier molecular flexibility index (Phi) is 8.71. The van der Waals surface area contributed by atoms with Crippen LogP contribution < -0.4 is 4.74 Å². The average molecular weight is 512 g/mol. The lowest BCUT2D eigenvalue weighted by Gasteiger charge is -2.39. The van der Waals surface area contributed by atoms with Crippen molar-refractivity contribution in [3.63, 3.8) is 0 Å². The van der Waals surface area contributed by atoms with Gasteiger partial charge in [0.25, 0.3) is 0 Å². The highest BCUT2D eigenvalue weighted by molar-refractivity contribution is 5.77. The number of hydrogen-bond donors (Lipinski definition) is 0. The summed E-state index contributed by atoms with van der Waals surface area (Å²) >= 11 is 0. The van der Waals surface area contributed by atoms with Crippen molar-refractivity contribution in [1.82, 2.24) is 4.90 Å². The Hall–Kier alpha value is -3.10. The number of benzene rings is 2. The number of carbonyl (C=O) groups is 2. The quantitative estimate of drug-likeness (QED) is 0.463. The molecule has 2 atom stereocenters. The lowest BCUT2D eigenvalue weighted by Crippen LogP contribution is -2.44. The Bertz CT molecular complexity index is 1060. The third-order valence-corrected chi connectivity index (χ3v) is 6.27. The second kappa shape index (κ2) is 12.0. The first-order chi connectivity index (χ1) is 17.7. The first-order valence-corrected chi connectivity index (χ1v) is 13.0. The maximum atomic E-state index is 13.2. The molecule has 8 nitrogen and oxygen atoms in total. The molecular weight excluding hydrogens is 474 g/mol. The minimum absolute atomic E-state index is 0.109. The van der Waals surface area contributed by atoms with E-state index in [1.165, 1.54) is 0 Å². The van der Waals surface area contributed by atoms with Gasteiger partial charge in [0.1, 0.15) is 17.5 Å². The molecule has 0 N–H and O–H groups in total. The van der Waals surface area contributed by atoms with Gasteiger partial charge < -0.3 is 23.7 Å². The Morgan fingerprint density at radius 2 is 1.76 bits per heavy atom. The van der Waals surface area contributed by atoms with Crippen LogP contribution in [0.2, 0.25) is 0 Å². The molecule has 1 saturated heterocycles. The van der Waals surface area contributed by atoms with Crippen molar-refractivity contribution in [2.45, 2.75) is 71.0 Å².